The maximum absolute atomic E-state index is 10.6. The monoisotopic (exact) mass is 305 g/mol. The molecule has 1 aromatic rings. The highest BCUT2D eigenvalue weighted by Crippen LogP contribution is 2.31. The molecule has 0 amide bonds. The summed E-state index contributed by atoms with van der Waals surface area (Å²) < 4.78 is 5.24. The minimum Gasteiger partial charge on any atom is -0.497 e. The molecule has 22 heavy (non-hydrogen) atoms. The zero-order chi connectivity index (χ0) is 15.8. The fraction of sp³-hybridized carbons (Fsp3) is 0.611. The number of likely N-dealkylation sites (tertiary alicyclic amines) is 1. The fourth-order valence-electron chi connectivity index (χ4n) is 3.23. The van der Waals surface area contributed by atoms with Crippen LogP contribution in [0.2, 0.25) is 0 Å². The second-order valence-corrected chi connectivity index (χ2v) is 6.03. The summed E-state index contributed by atoms with van der Waals surface area (Å²) in [5.41, 5.74) is 1.35. The Morgan fingerprint density at radius 2 is 2.00 bits per heavy atom. The lowest BCUT2D eigenvalue weighted by atomic mass is 10.0. The number of aliphatic carboxylic acids is 1. The lowest BCUT2D eigenvalue weighted by Crippen LogP contribution is -2.29. The quantitative estimate of drug-likeness (QED) is 0.777. The molecule has 1 aromatic carbocycles. The van der Waals surface area contributed by atoms with Gasteiger partial charge in [-0.2, -0.15) is 0 Å². The van der Waals surface area contributed by atoms with Gasteiger partial charge in [0.2, 0.25) is 0 Å². The summed E-state index contributed by atoms with van der Waals surface area (Å²) in [6.07, 6.45) is 6.98. The SMILES string of the molecule is COc1ccc(C2CCCCCN2CCCCC(=O)O)cc1. The zero-order valence-electron chi connectivity index (χ0n) is 13.5. The first-order valence-corrected chi connectivity index (χ1v) is 8.30. The van der Waals surface area contributed by atoms with Crippen LogP contribution in [-0.4, -0.2) is 36.2 Å². The van der Waals surface area contributed by atoms with Crippen LogP contribution >= 0.6 is 0 Å². The molecule has 1 N–H and O–H groups in total. The van der Waals surface area contributed by atoms with Gasteiger partial charge in [0.05, 0.1) is 7.11 Å². The van der Waals surface area contributed by atoms with Crippen molar-refractivity contribution in [3.8, 4) is 5.75 Å². The Morgan fingerprint density at radius 1 is 1.23 bits per heavy atom. The molecule has 1 aliphatic heterocycles. The molecule has 2 rings (SSSR count). The molecule has 4 heteroatoms. The summed E-state index contributed by atoms with van der Waals surface area (Å²) in [7, 11) is 1.69. The van der Waals surface area contributed by atoms with E-state index < -0.39 is 5.97 Å². The van der Waals surface area contributed by atoms with Crippen molar-refractivity contribution in [3.63, 3.8) is 0 Å². The van der Waals surface area contributed by atoms with Crippen molar-refractivity contribution in [2.75, 3.05) is 20.2 Å². The minimum absolute atomic E-state index is 0.279. The summed E-state index contributed by atoms with van der Waals surface area (Å²) in [5, 5.41) is 8.75. The lowest BCUT2D eigenvalue weighted by Gasteiger charge is -2.30. The third-order valence-electron chi connectivity index (χ3n) is 4.45. The number of ether oxygens (including phenoxy) is 1. The van der Waals surface area contributed by atoms with Crippen LogP contribution < -0.4 is 4.74 Å². The molecule has 0 spiro atoms. The van der Waals surface area contributed by atoms with Crippen LogP contribution in [-0.2, 0) is 4.79 Å². The Kier molecular flexibility index (Phi) is 6.72. The molecule has 1 aliphatic rings. The van der Waals surface area contributed by atoms with E-state index in [9.17, 15) is 4.79 Å². The molecular weight excluding hydrogens is 278 g/mol. The largest absolute Gasteiger partial charge is 0.497 e. The van der Waals surface area contributed by atoms with Gasteiger partial charge in [-0.3, -0.25) is 9.69 Å². The lowest BCUT2D eigenvalue weighted by molar-refractivity contribution is -0.137. The smallest absolute Gasteiger partial charge is 0.303 e. The first-order valence-electron chi connectivity index (χ1n) is 8.30. The highest BCUT2D eigenvalue weighted by molar-refractivity contribution is 5.66. The number of nitrogens with zero attached hydrogens (tertiary/aromatic N) is 1. The molecule has 1 saturated heterocycles. The van der Waals surface area contributed by atoms with E-state index in [1.807, 2.05) is 12.1 Å². The molecule has 1 atom stereocenters. The first kappa shape index (κ1) is 16.8. The Bertz CT molecular complexity index is 458. The molecular formula is C18H27NO3. The number of hydrogen-bond acceptors (Lipinski definition) is 3. The van der Waals surface area contributed by atoms with Crippen LogP contribution in [0.25, 0.3) is 0 Å². The van der Waals surface area contributed by atoms with E-state index in [1.54, 1.807) is 7.11 Å². The predicted molar refractivity (Wildman–Crippen MR) is 87.3 cm³/mol. The van der Waals surface area contributed by atoms with Gasteiger partial charge in [0.25, 0.3) is 0 Å². The molecule has 1 heterocycles. The van der Waals surface area contributed by atoms with Gasteiger partial charge in [0, 0.05) is 12.5 Å². The zero-order valence-corrected chi connectivity index (χ0v) is 13.5. The maximum atomic E-state index is 10.6. The fourth-order valence-corrected chi connectivity index (χ4v) is 3.23. The third kappa shape index (κ3) is 5.02. The Hall–Kier alpha value is -1.55. The summed E-state index contributed by atoms with van der Waals surface area (Å²) in [6.45, 7) is 2.10. The summed E-state index contributed by atoms with van der Waals surface area (Å²) in [4.78, 5) is 13.2. The van der Waals surface area contributed by atoms with E-state index in [4.69, 9.17) is 9.84 Å². The Labute approximate surface area is 133 Å². The maximum Gasteiger partial charge on any atom is 0.303 e. The van der Waals surface area contributed by atoms with Crippen LogP contribution in [0.3, 0.4) is 0 Å². The normalized spacial score (nSPS) is 19.6. The third-order valence-corrected chi connectivity index (χ3v) is 4.45. The molecule has 1 unspecified atom stereocenters. The summed E-state index contributed by atoms with van der Waals surface area (Å²) in [5.74, 6) is 0.202. The van der Waals surface area contributed by atoms with Crippen LogP contribution in [0, 0.1) is 0 Å². The van der Waals surface area contributed by atoms with Gasteiger partial charge < -0.3 is 9.84 Å². The van der Waals surface area contributed by atoms with E-state index >= 15 is 0 Å². The predicted octanol–water partition coefficient (Wildman–Crippen LogP) is 3.87. The molecule has 0 bridgehead atoms. The van der Waals surface area contributed by atoms with Gasteiger partial charge in [0.15, 0.2) is 0 Å². The summed E-state index contributed by atoms with van der Waals surface area (Å²) >= 11 is 0. The number of hydrogen-bond donors (Lipinski definition) is 1. The number of carboxylic acids is 1. The molecule has 0 aliphatic carbocycles. The van der Waals surface area contributed by atoms with Crippen molar-refractivity contribution >= 4 is 5.97 Å². The second-order valence-electron chi connectivity index (χ2n) is 6.03. The Morgan fingerprint density at radius 3 is 2.68 bits per heavy atom. The van der Waals surface area contributed by atoms with Gasteiger partial charge in [-0.1, -0.05) is 25.0 Å². The van der Waals surface area contributed by atoms with E-state index in [2.05, 4.69) is 17.0 Å². The van der Waals surface area contributed by atoms with Crippen molar-refractivity contribution in [3.05, 3.63) is 29.8 Å². The number of unbranched alkanes of at least 4 members (excludes halogenated alkanes) is 1. The molecule has 1 fully saturated rings. The first-order chi connectivity index (χ1) is 10.7. The van der Waals surface area contributed by atoms with Crippen LogP contribution in [0.4, 0.5) is 0 Å². The van der Waals surface area contributed by atoms with Crippen molar-refractivity contribution in [2.45, 2.75) is 51.0 Å². The topological polar surface area (TPSA) is 49.8 Å². The average Bonchev–Trinajstić information content (AvgIpc) is 2.77. The standard InChI is InChI=1S/C18H27NO3/c1-22-16-11-9-15(10-12-16)17-7-3-2-5-13-19(17)14-6-4-8-18(20)21/h9-12,17H,2-8,13-14H2,1H3,(H,20,21). The molecule has 0 aromatic heterocycles. The average molecular weight is 305 g/mol. The van der Waals surface area contributed by atoms with E-state index in [0.29, 0.717) is 6.04 Å². The highest BCUT2D eigenvalue weighted by Gasteiger charge is 2.22. The Balaban J connectivity index is 1.98. The number of carboxylic acid groups (broad SMARTS) is 1. The van der Waals surface area contributed by atoms with Gasteiger partial charge in [-0.15, -0.1) is 0 Å². The van der Waals surface area contributed by atoms with Crippen molar-refractivity contribution in [1.82, 2.24) is 4.90 Å². The van der Waals surface area contributed by atoms with E-state index in [0.717, 1.165) is 31.7 Å². The number of methoxy groups -OCH3 is 1. The molecule has 122 valence electrons. The highest BCUT2D eigenvalue weighted by atomic mass is 16.5. The minimum atomic E-state index is -0.692. The van der Waals surface area contributed by atoms with Gasteiger partial charge in [-0.25, -0.2) is 0 Å². The van der Waals surface area contributed by atoms with E-state index in [-0.39, 0.29) is 6.42 Å². The van der Waals surface area contributed by atoms with Crippen molar-refractivity contribution in [1.29, 1.82) is 0 Å². The molecule has 4 nitrogen and oxygen atoms in total. The number of rotatable bonds is 7. The van der Waals surface area contributed by atoms with Crippen LogP contribution in [0.1, 0.15) is 56.6 Å². The number of benzene rings is 1. The molecule has 0 saturated carbocycles. The number of carbonyl (C=O) groups is 1. The van der Waals surface area contributed by atoms with Crippen LogP contribution in [0.15, 0.2) is 24.3 Å². The van der Waals surface area contributed by atoms with Crippen LogP contribution in [0.5, 0.6) is 5.75 Å². The van der Waals surface area contributed by atoms with Crippen molar-refractivity contribution < 1.29 is 14.6 Å². The second kappa shape index (κ2) is 8.79. The van der Waals surface area contributed by atoms with Gasteiger partial charge in [0.1, 0.15) is 5.75 Å². The van der Waals surface area contributed by atoms with Gasteiger partial charge >= 0.3 is 5.97 Å². The van der Waals surface area contributed by atoms with E-state index in [1.165, 1.54) is 31.2 Å². The van der Waals surface area contributed by atoms with Crippen molar-refractivity contribution in [2.24, 2.45) is 0 Å². The van der Waals surface area contributed by atoms with Gasteiger partial charge in [-0.05, 0) is 56.5 Å². The molecule has 0 radical (unpaired) electrons. The summed E-state index contributed by atoms with van der Waals surface area (Å²) in [6, 6.07) is 8.85.